The highest BCUT2D eigenvalue weighted by Crippen LogP contribution is 2.33. The zero-order valence-electron chi connectivity index (χ0n) is 10.5. The number of nitrogens with two attached hydrogens (primary N) is 1. The van der Waals surface area contributed by atoms with E-state index in [9.17, 15) is 9.18 Å². The van der Waals surface area contributed by atoms with Crippen LogP contribution in [0.1, 0.15) is 10.4 Å². The molecule has 2 rings (SSSR count). The molecule has 0 aromatic heterocycles. The summed E-state index contributed by atoms with van der Waals surface area (Å²) in [6, 6.07) is 8.95. The standard InChI is InChI=1S/C14H11BrFNO3/c1-19-14(18)9-3-2-4-11(17)13(9)20-12-6-5-8(15)7-10(12)16/h2-7H,17H2,1H3. The maximum Gasteiger partial charge on any atom is 0.341 e. The molecule has 2 N–H and O–H groups in total. The molecule has 2 aromatic carbocycles. The van der Waals surface area contributed by atoms with Gasteiger partial charge in [0.2, 0.25) is 0 Å². The van der Waals surface area contributed by atoms with Crippen LogP contribution in [0.5, 0.6) is 11.5 Å². The van der Waals surface area contributed by atoms with E-state index in [4.69, 9.17) is 10.5 Å². The van der Waals surface area contributed by atoms with E-state index < -0.39 is 11.8 Å². The van der Waals surface area contributed by atoms with Gasteiger partial charge < -0.3 is 15.2 Å². The van der Waals surface area contributed by atoms with Gasteiger partial charge in [0.1, 0.15) is 5.56 Å². The largest absolute Gasteiger partial charge is 0.465 e. The van der Waals surface area contributed by atoms with Gasteiger partial charge in [0.05, 0.1) is 12.8 Å². The highest BCUT2D eigenvalue weighted by molar-refractivity contribution is 9.10. The minimum absolute atomic E-state index is 0.0312. The molecule has 0 aliphatic rings. The molecule has 0 saturated carbocycles. The van der Waals surface area contributed by atoms with Gasteiger partial charge in [0, 0.05) is 4.47 Å². The Bertz CT molecular complexity index is 661. The molecule has 0 unspecified atom stereocenters. The predicted octanol–water partition coefficient (Wildman–Crippen LogP) is 3.75. The minimum Gasteiger partial charge on any atom is -0.465 e. The van der Waals surface area contributed by atoms with Crippen LogP contribution in [0, 0.1) is 5.82 Å². The number of hydrogen-bond donors (Lipinski definition) is 1. The average molecular weight is 340 g/mol. The van der Waals surface area contributed by atoms with Crippen molar-refractivity contribution < 1.29 is 18.7 Å². The lowest BCUT2D eigenvalue weighted by atomic mass is 10.1. The lowest BCUT2D eigenvalue weighted by Crippen LogP contribution is -2.06. The number of esters is 1. The smallest absolute Gasteiger partial charge is 0.341 e. The number of methoxy groups -OCH3 is 1. The van der Waals surface area contributed by atoms with Crippen LogP contribution in [-0.2, 0) is 4.74 Å². The summed E-state index contributed by atoms with van der Waals surface area (Å²) in [6.07, 6.45) is 0. The first kappa shape index (κ1) is 14.3. The van der Waals surface area contributed by atoms with Crippen LogP contribution in [0.3, 0.4) is 0 Å². The Morgan fingerprint density at radius 3 is 2.70 bits per heavy atom. The number of carbonyl (C=O) groups excluding carboxylic acids is 1. The summed E-state index contributed by atoms with van der Waals surface area (Å²) in [5.41, 5.74) is 6.13. The van der Waals surface area contributed by atoms with Crippen molar-refractivity contribution in [3.8, 4) is 11.5 Å². The van der Waals surface area contributed by atoms with Crippen molar-refractivity contribution in [1.82, 2.24) is 0 Å². The van der Waals surface area contributed by atoms with Gasteiger partial charge in [0.25, 0.3) is 0 Å². The van der Waals surface area contributed by atoms with Gasteiger partial charge in [-0.3, -0.25) is 0 Å². The van der Waals surface area contributed by atoms with Crippen LogP contribution in [0.4, 0.5) is 10.1 Å². The summed E-state index contributed by atoms with van der Waals surface area (Å²) < 4.78 is 24.4. The monoisotopic (exact) mass is 339 g/mol. The molecule has 0 bridgehead atoms. The molecule has 0 amide bonds. The molecular formula is C14H11BrFNO3. The first-order valence-corrected chi connectivity index (χ1v) is 6.42. The van der Waals surface area contributed by atoms with Crippen molar-refractivity contribution in [2.24, 2.45) is 0 Å². The minimum atomic E-state index is -0.607. The molecule has 0 aliphatic heterocycles. The number of anilines is 1. The molecule has 0 saturated heterocycles. The second kappa shape index (κ2) is 5.92. The number of nitrogen functional groups attached to an aromatic ring is 1. The molecule has 0 spiro atoms. The van der Waals surface area contributed by atoms with Gasteiger partial charge in [0.15, 0.2) is 17.3 Å². The maximum atomic E-state index is 13.8. The van der Waals surface area contributed by atoms with Gasteiger partial charge in [-0.05, 0) is 30.3 Å². The van der Waals surface area contributed by atoms with Gasteiger partial charge >= 0.3 is 5.97 Å². The number of rotatable bonds is 3. The number of halogens is 2. The zero-order valence-corrected chi connectivity index (χ0v) is 12.1. The Balaban J connectivity index is 2.45. The summed E-state index contributed by atoms with van der Waals surface area (Å²) in [4.78, 5) is 11.7. The molecule has 0 fully saturated rings. The third kappa shape index (κ3) is 2.91. The summed E-state index contributed by atoms with van der Waals surface area (Å²) in [6.45, 7) is 0. The number of benzene rings is 2. The molecule has 0 heterocycles. The van der Waals surface area contributed by atoms with E-state index >= 15 is 0 Å². The lowest BCUT2D eigenvalue weighted by Gasteiger charge is -2.12. The molecule has 4 nitrogen and oxygen atoms in total. The number of carbonyl (C=O) groups is 1. The quantitative estimate of drug-likeness (QED) is 0.683. The Labute approximate surface area is 123 Å². The highest BCUT2D eigenvalue weighted by atomic mass is 79.9. The third-order valence-corrected chi connectivity index (χ3v) is 3.05. The highest BCUT2D eigenvalue weighted by Gasteiger charge is 2.17. The van der Waals surface area contributed by atoms with Gasteiger partial charge in [-0.1, -0.05) is 22.0 Å². The summed E-state index contributed by atoms with van der Waals surface area (Å²) >= 11 is 3.15. The fourth-order valence-electron chi connectivity index (χ4n) is 1.61. The van der Waals surface area contributed by atoms with Crippen LogP contribution in [0.15, 0.2) is 40.9 Å². The SMILES string of the molecule is COC(=O)c1cccc(N)c1Oc1ccc(Br)cc1F. The van der Waals surface area contributed by atoms with Crippen molar-refractivity contribution in [3.63, 3.8) is 0 Å². The molecule has 20 heavy (non-hydrogen) atoms. The molecule has 0 atom stereocenters. The molecular weight excluding hydrogens is 329 g/mol. The number of para-hydroxylation sites is 1. The fourth-order valence-corrected chi connectivity index (χ4v) is 1.94. The van der Waals surface area contributed by atoms with Crippen LogP contribution < -0.4 is 10.5 Å². The Kier molecular flexibility index (Phi) is 4.24. The fraction of sp³-hybridized carbons (Fsp3) is 0.0714. The van der Waals surface area contributed by atoms with Crippen LogP contribution in [0.25, 0.3) is 0 Å². The van der Waals surface area contributed by atoms with Gasteiger partial charge in [-0.15, -0.1) is 0 Å². The Morgan fingerprint density at radius 1 is 1.30 bits per heavy atom. The maximum absolute atomic E-state index is 13.8. The second-order valence-corrected chi connectivity index (χ2v) is 4.81. The van der Waals surface area contributed by atoms with E-state index in [-0.39, 0.29) is 22.7 Å². The zero-order chi connectivity index (χ0) is 14.7. The number of hydrogen-bond acceptors (Lipinski definition) is 4. The van der Waals surface area contributed by atoms with Crippen molar-refractivity contribution in [1.29, 1.82) is 0 Å². The molecule has 0 radical (unpaired) electrons. The summed E-state index contributed by atoms with van der Waals surface area (Å²) in [7, 11) is 1.25. The Hall–Kier alpha value is -2.08. The topological polar surface area (TPSA) is 61.5 Å². The molecule has 2 aromatic rings. The Morgan fingerprint density at radius 2 is 2.05 bits per heavy atom. The first-order valence-electron chi connectivity index (χ1n) is 5.62. The van der Waals surface area contributed by atoms with E-state index in [1.54, 1.807) is 18.2 Å². The summed E-state index contributed by atoms with van der Waals surface area (Å²) in [5, 5.41) is 0. The van der Waals surface area contributed by atoms with E-state index in [2.05, 4.69) is 20.7 Å². The van der Waals surface area contributed by atoms with Crippen LogP contribution in [0.2, 0.25) is 0 Å². The molecule has 104 valence electrons. The van der Waals surface area contributed by atoms with Crippen molar-refractivity contribution in [3.05, 3.63) is 52.3 Å². The second-order valence-electron chi connectivity index (χ2n) is 3.89. The van der Waals surface area contributed by atoms with E-state index in [1.807, 2.05) is 0 Å². The lowest BCUT2D eigenvalue weighted by molar-refractivity contribution is 0.0598. The normalized spacial score (nSPS) is 10.2. The predicted molar refractivity (Wildman–Crippen MR) is 76.4 cm³/mol. The first-order chi connectivity index (χ1) is 9.52. The van der Waals surface area contributed by atoms with Crippen LogP contribution in [-0.4, -0.2) is 13.1 Å². The van der Waals surface area contributed by atoms with Gasteiger partial charge in [-0.25, -0.2) is 9.18 Å². The summed E-state index contributed by atoms with van der Waals surface area (Å²) in [5.74, 6) is -1.14. The van der Waals surface area contributed by atoms with E-state index in [1.165, 1.54) is 25.3 Å². The van der Waals surface area contributed by atoms with E-state index in [0.717, 1.165) is 0 Å². The van der Waals surface area contributed by atoms with Crippen molar-refractivity contribution in [2.75, 3.05) is 12.8 Å². The average Bonchev–Trinajstić information content (AvgIpc) is 2.42. The van der Waals surface area contributed by atoms with Gasteiger partial charge in [-0.2, -0.15) is 0 Å². The molecule has 6 heteroatoms. The van der Waals surface area contributed by atoms with Crippen molar-refractivity contribution >= 4 is 27.6 Å². The third-order valence-electron chi connectivity index (χ3n) is 2.56. The molecule has 0 aliphatic carbocycles. The number of ether oxygens (including phenoxy) is 2. The van der Waals surface area contributed by atoms with Crippen molar-refractivity contribution in [2.45, 2.75) is 0 Å². The van der Waals surface area contributed by atoms with Crippen LogP contribution >= 0.6 is 15.9 Å². The van der Waals surface area contributed by atoms with E-state index in [0.29, 0.717) is 4.47 Å².